The summed E-state index contributed by atoms with van der Waals surface area (Å²) in [7, 11) is -1.12. The van der Waals surface area contributed by atoms with Gasteiger partial charge in [0.15, 0.2) is 5.69 Å². The average Bonchev–Trinajstić information content (AvgIpc) is 2.27. The van der Waals surface area contributed by atoms with Crippen molar-refractivity contribution in [3.8, 4) is 0 Å². The number of hydrogen-bond acceptors (Lipinski definition) is 4. The van der Waals surface area contributed by atoms with Crippen molar-refractivity contribution in [1.29, 1.82) is 0 Å². The number of ether oxygens (including phenoxy) is 1. The third-order valence-electron chi connectivity index (χ3n) is 2.60. The summed E-state index contributed by atoms with van der Waals surface area (Å²) >= 11 is 0. The smallest absolute Gasteiger partial charge is 0.273 e. The van der Waals surface area contributed by atoms with Crippen LogP contribution >= 0.6 is 0 Å². The molecule has 7 heteroatoms. The maximum atomic E-state index is 11.6. The van der Waals surface area contributed by atoms with Crippen molar-refractivity contribution in [2.45, 2.75) is 39.3 Å². The minimum atomic E-state index is -1.12. The van der Waals surface area contributed by atoms with Crippen LogP contribution in [-0.2, 0) is 11.5 Å². The molecule has 106 valence electrons. The molecule has 0 aliphatic heterocycles. The van der Waals surface area contributed by atoms with Crippen LogP contribution in [0.3, 0.4) is 0 Å². The van der Waals surface area contributed by atoms with Crippen LogP contribution < -0.4 is 11.2 Å². The standard InChI is InChI=1S/C12H21N3O3Si/c1-9-7-15(8-18-5-6-19(2,3)4)14-10(11(9)16)12(13)17/h7H,5-6,8H2,1-4H3,(H2,13,17). The van der Waals surface area contributed by atoms with E-state index in [9.17, 15) is 9.59 Å². The van der Waals surface area contributed by atoms with Crippen LogP contribution in [0.5, 0.6) is 0 Å². The fourth-order valence-corrected chi connectivity index (χ4v) is 2.19. The Bertz CT molecular complexity index is 520. The van der Waals surface area contributed by atoms with Crippen LogP contribution in [0.2, 0.25) is 25.7 Å². The average molecular weight is 283 g/mol. The second-order valence-electron chi connectivity index (χ2n) is 5.74. The van der Waals surface area contributed by atoms with Gasteiger partial charge in [-0.25, -0.2) is 4.68 Å². The molecular weight excluding hydrogens is 262 g/mol. The fourth-order valence-electron chi connectivity index (χ4n) is 1.44. The zero-order valence-electron chi connectivity index (χ0n) is 11.9. The van der Waals surface area contributed by atoms with Gasteiger partial charge in [0.1, 0.15) is 6.73 Å². The van der Waals surface area contributed by atoms with E-state index in [-0.39, 0.29) is 12.4 Å². The topological polar surface area (TPSA) is 87.2 Å². The van der Waals surface area contributed by atoms with Crippen LogP contribution in [0.15, 0.2) is 11.0 Å². The molecule has 19 heavy (non-hydrogen) atoms. The van der Waals surface area contributed by atoms with E-state index in [0.29, 0.717) is 12.2 Å². The number of nitrogens with zero attached hydrogens (tertiary/aromatic N) is 2. The largest absolute Gasteiger partial charge is 0.364 e. The molecule has 0 bridgehead atoms. The highest BCUT2D eigenvalue weighted by molar-refractivity contribution is 6.76. The molecule has 1 aromatic heterocycles. The van der Waals surface area contributed by atoms with Gasteiger partial charge < -0.3 is 10.5 Å². The molecule has 2 N–H and O–H groups in total. The minimum Gasteiger partial charge on any atom is -0.364 e. The zero-order chi connectivity index (χ0) is 14.6. The Labute approximate surface area is 113 Å². The van der Waals surface area contributed by atoms with Gasteiger partial charge in [0, 0.05) is 26.4 Å². The van der Waals surface area contributed by atoms with E-state index in [2.05, 4.69) is 24.7 Å². The van der Waals surface area contributed by atoms with Crippen molar-refractivity contribution in [2.24, 2.45) is 5.73 Å². The third-order valence-corrected chi connectivity index (χ3v) is 4.30. The first-order valence-electron chi connectivity index (χ1n) is 6.16. The second kappa shape index (κ2) is 6.11. The van der Waals surface area contributed by atoms with Crippen molar-refractivity contribution in [3.63, 3.8) is 0 Å². The van der Waals surface area contributed by atoms with Gasteiger partial charge in [0.25, 0.3) is 5.91 Å². The summed E-state index contributed by atoms with van der Waals surface area (Å²) in [6.45, 7) is 9.28. The van der Waals surface area contributed by atoms with Crippen molar-refractivity contribution >= 4 is 14.0 Å². The number of aromatic nitrogens is 2. The SMILES string of the molecule is Cc1cn(COCC[Si](C)(C)C)nc(C(N)=O)c1=O. The Balaban J connectivity index is 2.70. The molecule has 0 saturated carbocycles. The summed E-state index contributed by atoms with van der Waals surface area (Å²) in [6.07, 6.45) is 1.56. The summed E-state index contributed by atoms with van der Waals surface area (Å²) in [5.74, 6) is -0.815. The second-order valence-corrected chi connectivity index (χ2v) is 11.4. The maximum Gasteiger partial charge on any atom is 0.273 e. The van der Waals surface area contributed by atoms with E-state index < -0.39 is 19.4 Å². The van der Waals surface area contributed by atoms with E-state index in [0.717, 1.165) is 6.04 Å². The lowest BCUT2D eigenvalue weighted by atomic mass is 10.2. The van der Waals surface area contributed by atoms with Gasteiger partial charge in [-0.15, -0.1) is 0 Å². The molecule has 0 aromatic carbocycles. The Morgan fingerprint density at radius 1 is 1.47 bits per heavy atom. The van der Waals surface area contributed by atoms with E-state index in [1.807, 2.05) is 0 Å². The first-order valence-corrected chi connectivity index (χ1v) is 9.87. The van der Waals surface area contributed by atoms with Crippen LogP contribution in [0, 0.1) is 6.92 Å². The van der Waals surface area contributed by atoms with E-state index in [1.165, 1.54) is 4.68 Å². The maximum absolute atomic E-state index is 11.6. The van der Waals surface area contributed by atoms with Gasteiger partial charge in [-0.05, 0) is 13.0 Å². The number of rotatable bonds is 6. The van der Waals surface area contributed by atoms with Crippen molar-refractivity contribution < 1.29 is 9.53 Å². The third kappa shape index (κ3) is 4.96. The quantitative estimate of drug-likeness (QED) is 0.622. The molecule has 1 heterocycles. The molecule has 0 spiro atoms. The van der Waals surface area contributed by atoms with Crippen LogP contribution in [0.1, 0.15) is 16.1 Å². The molecule has 0 saturated heterocycles. The van der Waals surface area contributed by atoms with Gasteiger partial charge in [0.05, 0.1) is 0 Å². The number of amides is 1. The number of primary amides is 1. The van der Waals surface area contributed by atoms with Crippen LogP contribution in [0.4, 0.5) is 0 Å². The highest BCUT2D eigenvalue weighted by Crippen LogP contribution is 2.07. The number of aryl methyl sites for hydroxylation is 1. The van der Waals surface area contributed by atoms with Gasteiger partial charge in [-0.3, -0.25) is 9.59 Å². The summed E-state index contributed by atoms with van der Waals surface area (Å²) in [6, 6.07) is 1.05. The number of nitrogens with two attached hydrogens (primary N) is 1. The molecule has 1 rings (SSSR count). The van der Waals surface area contributed by atoms with Crippen molar-refractivity contribution in [1.82, 2.24) is 9.78 Å². The first-order chi connectivity index (χ1) is 8.70. The predicted octanol–water partition coefficient (Wildman–Crippen LogP) is 0.963. The van der Waals surface area contributed by atoms with E-state index in [4.69, 9.17) is 10.5 Å². The van der Waals surface area contributed by atoms with E-state index >= 15 is 0 Å². The minimum absolute atomic E-state index is 0.214. The van der Waals surface area contributed by atoms with Crippen molar-refractivity contribution in [2.75, 3.05) is 6.61 Å². The molecule has 0 aliphatic carbocycles. The summed E-state index contributed by atoms with van der Waals surface area (Å²) in [4.78, 5) is 22.7. The molecular formula is C12H21N3O3Si. The molecule has 0 fully saturated rings. The number of carbonyl (C=O) groups is 1. The van der Waals surface area contributed by atoms with E-state index in [1.54, 1.807) is 13.1 Å². The molecule has 6 nitrogen and oxygen atoms in total. The molecule has 1 aromatic rings. The first kappa shape index (κ1) is 15.6. The summed E-state index contributed by atoms with van der Waals surface area (Å²) in [5.41, 5.74) is 4.88. The Kier molecular flexibility index (Phi) is 5.02. The molecule has 0 radical (unpaired) electrons. The normalized spacial score (nSPS) is 11.6. The van der Waals surface area contributed by atoms with Gasteiger partial charge in [-0.2, -0.15) is 5.10 Å². The Morgan fingerprint density at radius 3 is 2.63 bits per heavy atom. The van der Waals surface area contributed by atoms with Crippen LogP contribution in [-0.4, -0.2) is 30.4 Å². The molecule has 1 amide bonds. The summed E-state index contributed by atoms with van der Waals surface area (Å²) < 4.78 is 6.94. The highest BCUT2D eigenvalue weighted by Gasteiger charge is 2.13. The van der Waals surface area contributed by atoms with Crippen molar-refractivity contribution in [3.05, 3.63) is 27.7 Å². The molecule has 0 unspecified atom stereocenters. The molecule has 0 atom stereocenters. The number of hydrogen-bond donors (Lipinski definition) is 1. The number of carbonyl (C=O) groups excluding carboxylic acids is 1. The molecule has 0 aliphatic rings. The monoisotopic (exact) mass is 283 g/mol. The van der Waals surface area contributed by atoms with Gasteiger partial charge in [0.2, 0.25) is 5.43 Å². The lowest BCUT2D eigenvalue weighted by molar-refractivity contribution is 0.0759. The zero-order valence-corrected chi connectivity index (χ0v) is 12.9. The van der Waals surface area contributed by atoms with Crippen LogP contribution in [0.25, 0.3) is 0 Å². The van der Waals surface area contributed by atoms with Gasteiger partial charge in [-0.1, -0.05) is 19.6 Å². The summed E-state index contributed by atoms with van der Waals surface area (Å²) in [5, 5.41) is 3.88. The predicted molar refractivity (Wildman–Crippen MR) is 75.9 cm³/mol. The highest BCUT2D eigenvalue weighted by atomic mass is 28.3. The Morgan fingerprint density at radius 2 is 2.11 bits per heavy atom. The lowest BCUT2D eigenvalue weighted by Crippen LogP contribution is -2.29. The fraction of sp³-hybridized carbons (Fsp3) is 0.583. The lowest BCUT2D eigenvalue weighted by Gasteiger charge is -2.15. The van der Waals surface area contributed by atoms with Gasteiger partial charge >= 0.3 is 0 Å². The Hall–Kier alpha value is -1.47.